The molecule has 128 heavy (non-hydrogen) atoms. The molecule has 0 N–H and O–H groups in total. The van der Waals surface area contributed by atoms with Crippen LogP contribution in [-0.2, 0) is 117 Å². The number of benzene rings is 6. The standard InChI is InChI=1S/C34H28N6.C24H12F4N2O2.C22H30N4.C22H12N2O2.4Pt/c1-33(2)29-19-11-17-25(35-29)28-22-32(38-40(28)24-15-9-6-10-16-24)34(3,4)30-20-12-18-26(36-30)27-21-31(33)37-39(27)23-13-7-5-8-14-23;1-11-3-19-13-7-22(18(28)9-15(13)25)32-24-6-12(2)4-20(30-24)14-8-21(17(27)10-16(14)26)31-23(5-11)29-19;1-19(2)15-11-9-12-17(23-15)21(5,6)26-22(7,8)18-14-10-13-16(24-18)20(3,4)25-19;1-5-15-13-17(7-1)25-18-8-2-6-16(14-18)20-10-4-12-22(24-20)26-21-11-3-9-19(15)23-21;;;;/h5-20H,1-4H3;3-6,9-10H,1-2H3;9-14H,1-8H3;1-12H;;;;/q4*-2;4*+2. The molecule has 0 atom stereocenters. The van der Waals surface area contributed by atoms with Gasteiger partial charge in [0.25, 0.3) is 0 Å². The van der Waals surface area contributed by atoms with Gasteiger partial charge in [-0.05, 0) is 121 Å². The van der Waals surface area contributed by atoms with Crippen molar-refractivity contribution in [1.82, 2.24) is 59.4 Å². The van der Waals surface area contributed by atoms with Gasteiger partial charge in [-0.3, -0.25) is 56.8 Å². The van der Waals surface area contributed by atoms with Crippen molar-refractivity contribution in [2.24, 2.45) is 0 Å². The summed E-state index contributed by atoms with van der Waals surface area (Å²) in [5, 5.41) is 20.5. The van der Waals surface area contributed by atoms with Gasteiger partial charge < -0.3 is 39.5 Å². The molecule has 4 aliphatic heterocycles. The molecule has 0 saturated heterocycles. The second-order valence-corrected chi connectivity index (χ2v) is 33.5. The summed E-state index contributed by atoms with van der Waals surface area (Å²) in [7, 11) is 0. The molecule has 0 saturated carbocycles. The zero-order valence-electron chi connectivity index (χ0n) is 71.8. The number of halogens is 4. The first-order valence-electron chi connectivity index (χ1n) is 40.3. The van der Waals surface area contributed by atoms with Crippen LogP contribution in [0.5, 0.6) is 46.5 Å². The van der Waals surface area contributed by atoms with Crippen molar-refractivity contribution in [2.75, 3.05) is 0 Å². The van der Waals surface area contributed by atoms with Gasteiger partial charge in [0.2, 0.25) is 23.5 Å². The van der Waals surface area contributed by atoms with Crippen LogP contribution in [0.3, 0.4) is 0 Å². The Balaban J connectivity index is 0.000000147. The van der Waals surface area contributed by atoms with Crippen molar-refractivity contribution in [3.8, 4) is 126 Å². The first-order valence-corrected chi connectivity index (χ1v) is 40.3. The molecule has 4 aliphatic rings. The van der Waals surface area contributed by atoms with Gasteiger partial charge in [-0.2, -0.15) is 22.3 Å². The van der Waals surface area contributed by atoms with Crippen LogP contribution in [0.25, 0.3) is 89.8 Å². The van der Waals surface area contributed by atoms with E-state index >= 15 is 0 Å². The Labute approximate surface area is 798 Å². The maximum Gasteiger partial charge on any atom is 2.00 e. The molecule has 0 aliphatic carbocycles. The van der Waals surface area contributed by atoms with Gasteiger partial charge in [0.15, 0.2) is 0 Å². The SMILES string of the molecule is CC1(C)[N-]C(C)(C)c2cccc(n2)C(C)(C)[N-]C(C)(C)c2cccc1n2.CC1(C)c2[c-]c(n(-c3ccccc3)n2)-c2cccc(n2)C(C)(C)c2[c-]c(n(-c3ccccc3)n2)-c2cccc1n2.Cc1cc2nc(c1)-c1[c-]c(c(F)cc1F)Oc1cc(C)cc(n1)-c1[c-]c(c(F)cc1F)O2.[Pt+2].[Pt+2].[Pt+2].[Pt+2].[c-]1c2cccc1-c1cccc(n1)Oc1cccc(n1)-c1[c-]c(ccc1)O2. The second-order valence-electron chi connectivity index (χ2n) is 33.5. The predicted octanol–water partition coefficient (Wildman–Crippen LogP) is 24.4. The monoisotopic (exact) mass is 2420 g/mol. The minimum absolute atomic E-state index is 0. The van der Waals surface area contributed by atoms with Crippen LogP contribution in [0.1, 0.15) is 140 Å². The number of fused-ring (bicyclic) bond motifs is 34. The zero-order valence-corrected chi connectivity index (χ0v) is 80.9. The van der Waals surface area contributed by atoms with E-state index < -0.39 is 67.8 Å². The first-order chi connectivity index (χ1) is 59.2. The number of pyridine rings is 8. The fourth-order valence-corrected chi connectivity index (χ4v) is 15.1. The molecule has 28 bridgehead atoms. The van der Waals surface area contributed by atoms with Crippen LogP contribution in [-0.4, -0.2) is 59.4 Å². The van der Waals surface area contributed by atoms with Gasteiger partial charge in [-0.25, -0.2) is 0 Å². The number of hydrogen-bond acceptors (Lipinski definition) is 14. The molecule has 0 fully saturated rings. The molecule has 14 heterocycles. The molecule has 16 aromatic rings. The van der Waals surface area contributed by atoms with Crippen LogP contribution < -0.4 is 18.9 Å². The predicted molar refractivity (Wildman–Crippen MR) is 466 cm³/mol. The van der Waals surface area contributed by atoms with Crippen molar-refractivity contribution in [2.45, 2.75) is 130 Å². The number of nitrogens with zero attached hydrogens (tertiary/aromatic N) is 14. The Hall–Kier alpha value is -11.5. The summed E-state index contributed by atoms with van der Waals surface area (Å²) < 4.78 is 84.9. The quantitative estimate of drug-likeness (QED) is 0.117. The van der Waals surface area contributed by atoms with Gasteiger partial charge >= 0.3 is 84.3 Å². The van der Waals surface area contributed by atoms with Crippen molar-refractivity contribution >= 4 is 0 Å². The van der Waals surface area contributed by atoms with E-state index in [2.05, 4.69) is 188 Å². The van der Waals surface area contributed by atoms with Crippen molar-refractivity contribution in [1.29, 1.82) is 0 Å². The summed E-state index contributed by atoms with van der Waals surface area (Å²) in [6.45, 7) is 28.9. The van der Waals surface area contributed by atoms with Crippen LogP contribution >= 0.6 is 0 Å². The van der Waals surface area contributed by atoms with Crippen LogP contribution in [0.4, 0.5) is 17.6 Å². The van der Waals surface area contributed by atoms with E-state index in [4.69, 9.17) is 59.7 Å². The Morgan fingerprint density at radius 2 is 0.625 bits per heavy atom. The summed E-state index contributed by atoms with van der Waals surface area (Å²) >= 11 is 0. The first kappa shape index (κ1) is 94.2. The summed E-state index contributed by atoms with van der Waals surface area (Å²) in [5.74, 6) is -2.74. The zero-order chi connectivity index (χ0) is 86.8. The van der Waals surface area contributed by atoms with E-state index in [1.807, 2.05) is 155 Å². The minimum atomic E-state index is -1.01. The molecule has 0 unspecified atom stereocenters. The maximum atomic E-state index is 14.6. The van der Waals surface area contributed by atoms with Crippen LogP contribution in [0.15, 0.2) is 243 Å². The third kappa shape index (κ3) is 19.9. The number of hydrogen-bond donors (Lipinski definition) is 0. The number of aryl methyl sites for hydroxylation is 2. The molecular weight excluding hydrogens is 2340 g/mol. The number of para-hydroxylation sites is 2. The smallest absolute Gasteiger partial charge is 0.642 e. The molecule has 6 aromatic carbocycles. The van der Waals surface area contributed by atoms with E-state index in [-0.39, 0.29) is 119 Å². The Morgan fingerprint density at radius 1 is 0.289 bits per heavy atom. The third-order valence-electron chi connectivity index (χ3n) is 21.5. The summed E-state index contributed by atoms with van der Waals surface area (Å²) in [5.41, 5.74) is 13.6. The summed E-state index contributed by atoms with van der Waals surface area (Å²) in [6, 6.07) is 93.6. The Morgan fingerprint density at radius 3 is 1.01 bits per heavy atom. The van der Waals surface area contributed by atoms with Crippen LogP contribution in [0, 0.1) is 73.5 Å². The van der Waals surface area contributed by atoms with Gasteiger partial charge in [0.1, 0.15) is 0 Å². The summed E-state index contributed by atoms with van der Waals surface area (Å²) in [4.78, 5) is 37.8. The number of ether oxygens (including phenoxy) is 4. The Kier molecular flexibility index (Phi) is 27.7. The van der Waals surface area contributed by atoms with E-state index in [0.717, 1.165) is 102 Å². The van der Waals surface area contributed by atoms with Gasteiger partial charge in [0, 0.05) is 80.3 Å². The third-order valence-corrected chi connectivity index (χ3v) is 21.5. The molecule has 0 amide bonds. The molecule has 652 valence electrons. The average Bonchev–Trinajstić information content (AvgIpc) is 1.32. The molecule has 0 radical (unpaired) electrons. The van der Waals surface area contributed by atoms with Crippen LogP contribution in [0.2, 0.25) is 0 Å². The minimum Gasteiger partial charge on any atom is -0.642 e. The van der Waals surface area contributed by atoms with Crippen molar-refractivity contribution < 1.29 is 121 Å². The molecule has 10 aromatic heterocycles. The van der Waals surface area contributed by atoms with Gasteiger partial charge in [-0.1, -0.05) is 284 Å². The summed E-state index contributed by atoms with van der Waals surface area (Å²) in [6.07, 6.45) is 0. The second kappa shape index (κ2) is 37.7. The largest absolute Gasteiger partial charge is 2.00 e. The fourth-order valence-electron chi connectivity index (χ4n) is 15.1. The van der Waals surface area contributed by atoms with E-state index in [1.165, 1.54) is 24.3 Å². The number of aromatic nitrogens is 12. The van der Waals surface area contributed by atoms with E-state index in [0.29, 0.717) is 46.5 Å². The maximum absolute atomic E-state index is 14.6. The van der Waals surface area contributed by atoms with Gasteiger partial charge in [-0.15, -0.1) is 59.7 Å². The molecule has 0 spiro atoms. The average molecular weight is 2420 g/mol. The number of rotatable bonds is 2. The molecule has 20 rings (SSSR count). The fraction of sp³-hybridized carbons (Fsp3) is 0.196. The normalized spacial score (nSPS) is 14.6. The van der Waals surface area contributed by atoms with Crippen molar-refractivity contribution in [3.63, 3.8) is 0 Å². The Bertz CT molecular complexity index is 6240. The van der Waals surface area contributed by atoms with Crippen molar-refractivity contribution in [3.05, 3.63) is 370 Å². The van der Waals surface area contributed by atoms with Gasteiger partial charge in [0.05, 0.1) is 34.5 Å². The van der Waals surface area contributed by atoms with E-state index in [1.54, 1.807) is 26.0 Å². The molecule has 26 heteroatoms. The molecule has 18 nitrogen and oxygen atoms in total. The molecular formula is C102H82F4N14O4Pt4. The topological polar surface area (TPSA) is 204 Å². The van der Waals surface area contributed by atoms with E-state index in [9.17, 15) is 17.6 Å².